The van der Waals surface area contributed by atoms with E-state index in [1.807, 2.05) is 24.8 Å². The zero-order chi connectivity index (χ0) is 19.4. The molecule has 1 fully saturated rings. The van der Waals surface area contributed by atoms with Crippen molar-refractivity contribution in [2.24, 2.45) is 0 Å². The molecular weight excluding hydrogens is 340 g/mol. The van der Waals surface area contributed by atoms with Gasteiger partial charge in [0.05, 0.1) is 0 Å². The van der Waals surface area contributed by atoms with Gasteiger partial charge in [-0.1, -0.05) is 26.0 Å². The number of hydrogen-bond acceptors (Lipinski definition) is 5. The number of hydrogen-bond donors (Lipinski definition) is 0. The van der Waals surface area contributed by atoms with E-state index in [0.29, 0.717) is 19.0 Å². The van der Waals surface area contributed by atoms with Gasteiger partial charge in [-0.05, 0) is 43.0 Å². The molecule has 2 aromatic rings. The lowest BCUT2D eigenvalue weighted by atomic mass is 10.0. The molecule has 1 aliphatic rings. The van der Waals surface area contributed by atoms with E-state index in [1.165, 1.54) is 0 Å². The van der Waals surface area contributed by atoms with E-state index in [1.54, 1.807) is 18.5 Å². The molecule has 0 N–H and O–H groups in total. The van der Waals surface area contributed by atoms with Crippen LogP contribution in [0.4, 0.5) is 5.95 Å². The lowest BCUT2D eigenvalue weighted by molar-refractivity contribution is -0.138. The summed E-state index contributed by atoms with van der Waals surface area (Å²) in [7, 11) is 0. The first-order chi connectivity index (χ1) is 13.0. The smallest absolute Gasteiger partial charge is 0.263 e. The second kappa shape index (κ2) is 8.37. The molecule has 1 unspecified atom stereocenters. The van der Waals surface area contributed by atoms with E-state index in [9.17, 15) is 4.79 Å². The minimum absolute atomic E-state index is 0.0276. The SMILES string of the molecule is Cc1ccc(C(C)C)c(OC(C)C(=O)N2CCN(c3ncccn3)CC2)c1. The lowest BCUT2D eigenvalue weighted by Gasteiger charge is -2.35. The van der Waals surface area contributed by atoms with Crippen LogP contribution in [0.15, 0.2) is 36.7 Å². The van der Waals surface area contributed by atoms with Gasteiger partial charge in [-0.15, -0.1) is 0 Å². The van der Waals surface area contributed by atoms with Crippen LogP contribution in [0.25, 0.3) is 0 Å². The van der Waals surface area contributed by atoms with Crippen LogP contribution >= 0.6 is 0 Å². The molecule has 1 saturated heterocycles. The fraction of sp³-hybridized carbons (Fsp3) is 0.476. The van der Waals surface area contributed by atoms with E-state index in [4.69, 9.17) is 4.74 Å². The van der Waals surface area contributed by atoms with Crippen molar-refractivity contribution in [3.8, 4) is 5.75 Å². The van der Waals surface area contributed by atoms with Gasteiger partial charge in [0.2, 0.25) is 5.95 Å². The monoisotopic (exact) mass is 368 g/mol. The highest BCUT2D eigenvalue weighted by Crippen LogP contribution is 2.28. The second-order valence-corrected chi connectivity index (χ2v) is 7.32. The highest BCUT2D eigenvalue weighted by molar-refractivity contribution is 5.81. The summed E-state index contributed by atoms with van der Waals surface area (Å²) in [5.41, 5.74) is 2.26. The summed E-state index contributed by atoms with van der Waals surface area (Å²) in [4.78, 5) is 25.4. The summed E-state index contributed by atoms with van der Waals surface area (Å²) in [5.74, 6) is 1.90. The fourth-order valence-electron chi connectivity index (χ4n) is 3.30. The number of nitrogens with zero attached hydrogens (tertiary/aromatic N) is 4. The first-order valence-corrected chi connectivity index (χ1v) is 9.53. The van der Waals surface area contributed by atoms with Gasteiger partial charge in [0.1, 0.15) is 5.75 Å². The van der Waals surface area contributed by atoms with Gasteiger partial charge in [0.25, 0.3) is 5.91 Å². The number of piperazine rings is 1. The maximum absolute atomic E-state index is 12.9. The van der Waals surface area contributed by atoms with Crippen LogP contribution < -0.4 is 9.64 Å². The second-order valence-electron chi connectivity index (χ2n) is 7.32. The van der Waals surface area contributed by atoms with Gasteiger partial charge in [-0.3, -0.25) is 4.79 Å². The Balaban J connectivity index is 1.61. The Labute approximate surface area is 161 Å². The maximum Gasteiger partial charge on any atom is 0.263 e. The number of ether oxygens (including phenoxy) is 1. The first kappa shape index (κ1) is 19.1. The number of rotatable bonds is 5. The normalized spacial score (nSPS) is 15.7. The number of amides is 1. The van der Waals surface area contributed by atoms with Crippen molar-refractivity contribution in [1.82, 2.24) is 14.9 Å². The summed E-state index contributed by atoms with van der Waals surface area (Å²) in [6.07, 6.45) is 2.97. The third-order valence-electron chi connectivity index (χ3n) is 4.87. The summed E-state index contributed by atoms with van der Waals surface area (Å²) < 4.78 is 6.08. The van der Waals surface area contributed by atoms with Crippen LogP contribution in [0.2, 0.25) is 0 Å². The third-order valence-corrected chi connectivity index (χ3v) is 4.87. The molecule has 27 heavy (non-hydrogen) atoms. The Morgan fingerprint density at radius 3 is 2.37 bits per heavy atom. The number of aryl methyl sites for hydroxylation is 1. The van der Waals surface area contributed by atoms with Crippen LogP contribution in [0.5, 0.6) is 5.75 Å². The van der Waals surface area contributed by atoms with Crippen molar-refractivity contribution in [2.75, 3.05) is 31.1 Å². The minimum atomic E-state index is -0.510. The Bertz CT molecular complexity index is 771. The highest BCUT2D eigenvalue weighted by Gasteiger charge is 2.27. The van der Waals surface area contributed by atoms with E-state index in [-0.39, 0.29) is 5.91 Å². The predicted octanol–water partition coefficient (Wildman–Crippen LogP) is 3.02. The number of anilines is 1. The van der Waals surface area contributed by atoms with Crippen LogP contribution in [0.3, 0.4) is 0 Å². The number of benzene rings is 1. The predicted molar refractivity (Wildman–Crippen MR) is 106 cm³/mol. The first-order valence-electron chi connectivity index (χ1n) is 9.53. The minimum Gasteiger partial charge on any atom is -0.481 e. The molecule has 2 heterocycles. The van der Waals surface area contributed by atoms with Crippen LogP contribution in [-0.2, 0) is 4.79 Å². The standard InChI is InChI=1S/C21H28N4O2/c1-15(2)18-7-6-16(3)14-19(18)27-17(4)20(26)24-10-12-25(13-11-24)21-22-8-5-9-23-21/h5-9,14-15,17H,10-13H2,1-4H3. The van der Waals surface area contributed by atoms with Gasteiger partial charge in [-0.25, -0.2) is 9.97 Å². The third kappa shape index (κ3) is 4.56. The largest absolute Gasteiger partial charge is 0.481 e. The number of aromatic nitrogens is 2. The van der Waals surface area contributed by atoms with Crippen LogP contribution in [0.1, 0.15) is 37.8 Å². The van der Waals surface area contributed by atoms with Gasteiger partial charge < -0.3 is 14.5 Å². The van der Waals surface area contributed by atoms with E-state index < -0.39 is 6.10 Å². The quantitative estimate of drug-likeness (QED) is 0.812. The van der Waals surface area contributed by atoms with Crippen molar-refractivity contribution in [3.63, 3.8) is 0 Å². The molecule has 1 aliphatic heterocycles. The topological polar surface area (TPSA) is 58.6 Å². The molecule has 6 nitrogen and oxygen atoms in total. The summed E-state index contributed by atoms with van der Waals surface area (Å²) in [6.45, 7) is 10.9. The Morgan fingerprint density at radius 1 is 1.07 bits per heavy atom. The zero-order valence-electron chi connectivity index (χ0n) is 16.6. The highest BCUT2D eigenvalue weighted by atomic mass is 16.5. The number of carbonyl (C=O) groups excluding carboxylic acids is 1. The molecule has 0 aliphatic carbocycles. The van der Waals surface area contributed by atoms with Gasteiger partial charge in [0.15, 0.2) is 6.10 Å². The lowest BCUT2D eigenvalue weighted by Crippen LogP contribution is -2.52. The molecule has 3 rings (SSSR count). The van der Waals surface area contributed by atoms with Gasteiger partial charge in [-0.2, -0.15) is 0 Å². The van der Waals surface area contributed by atoms with Crippen molar-refractivity contribution in [3.05, 3.63) is 47.8 Å². The van der Waals surface area contributed by atoms with E-state index in [0.717, 1.165) is 35.9 Å². The average molecular weight is 368 g/mol. The van der Waals surface area contributed by atoms with Gasteiger partial charge in [0, 0.05) is 38.6 Å². The summed E-state index contributed by atoms with van der Waals surface area (Å²) >= 11 is 0. The summed E-state index contributed by atoms with van der Waals surface area (Å²) in [5, 5.41) is 0. The van der Waals surface area contributed by atoms with E-state index in [2.05, 4.69) is 40.8 Å². The summed E-state index contributed by atoms with van der Waals surface area (Å²) in [6, 6.07) is 7.99. The Hall–Kier alpha value is -2.63. The van der Waals surface area contributed by atoms with Crippen molar-refractivity contribution in [1.29, 1.82) is 0 Å². The average Bonchev–Trinajstić information content (AvgIpc) is 2.68. The molecule has 0 bridgehead atoms. The molecule has 1 aromatic heterocycles. The van der Waals surface area contributed by atoms with Crippen LogP contribution in [-0.4, -0.2) is 53.1 Å². The van der Waals surface area contributed by atoms with Crippen molar-refractivity contribution < 1.29 is 9.53 Å². The molecule has 0 radical (unpaired) electrons. The molecule has 1 amide bonds. The number of carbonyl (C=O) groups is 1. The van der Waals surface area contributed by atoms with Gasteiger partial charge >= 0.3 is 0 Å². The Kier molecular flexibility index (Phi) is 5.94. The Morgan fingerprint density at radius 2 is 1.74 bits per heavy atom. The zero-order valence-corrected chi connectivity index (χ0v) is 16.6. The molecule has 6 heteroatoms. The molecule has 1 atom stereocenters. The van der Waals surface area contributed by atoms with Crippen molar-refractivity contribution >= 4 is 11.9 Å². The molecule has 0 spiro atoms. The van der Waals surface area contributed by atoms with Crippen LogP contribution in [0, 0.1) is 6.92 Å². The molecular formula is C21H28N4O2. The fourth-order valence-corrected chi connectivity index (χ4v) is 3.30. The molecule has 1 aromatic carbocycles. The molecule has 0 saturated carbocycles. The van der Waals surface area contributed by atoms with Crippen molar-refractivity contribution in [2.45, 2.75) is 39.7 Å². The molecule has 144 valence electrons. The maximum atomic E-state index is 12.9. The van der Waals surface area contributed by atoms with E-state index >= 15 is 0 Å².